The maximum Gasteiger partial charge on any atom is 0.324 e. The summed E-state index contributed by atoms with van der Waals surface area (Å²) in [6.07, 6.45) is 8.45. The predicted molar refractivity (Wildman–Crippen MR) is 195 cm³/mol. The van der Waals surface area contributed by atoms with Gasteiger partial charge in [-0.2, -0.15) is 16.8 Å². The van der Waals surface area contributed by atoms with Crippen LogP contribution in [-0.2, 0) is 39.4 Å². The van der Waals surface area contributed by atoms with Crippen LogP contribution in [0.25, 0.3) is 21.5 Å². The summed E-state index contributed by atoms with van der Waals surface area (Å²) in [6.45, 7) is 0. The monoisotopic (exact) mass is 770 g/mol. The van der Waals surface area contributed by atoms with E-state index >= 15 is 0 Å². The second-order valence-corrected chi connectivity index (χ2v) is 14.7. The highest BCUT2D eigenvalue weighted by molar-refractivity contribution is 7.86. The first-order chi connectivity index (χ1) is 25.4. The summed E-state index contributed by atoms with van der Waals surface area (Å²) in [6, 6.07) is 10.4. The summed E-state index contributed by atoms with van der Waals surface area (Å²) < 4.78 is 65.9. The lowest BCUT2D eigenvalue weighted by Gasteiger charge is -2.28. The first-order valence-corrected chi connectivity index (χ1v) is 18.4. The zero-order chi connectivity index (χ0) is 39.3. The topological polar surface area (TPSA) is 272 Å². The molecule has 0 heterocycles. The standard InChI is InChI=1S/C36H26N4O12S2/c37-27-7-3-1-5-25(27)33(43)39(29-15-9-19-17-21(53(47,48)49)11-13-23(19)31(29)41)35(45)36(46)40(34(44)26-6-2-4-8-28(26)38)30-16-10-20-18-22(54(50,51)52)12-14-24(20)32(30)42/h3-18,37-38,41-42H,1-2H2,(H,47,48,49)(H,50,51,52). The summed E-state index contributed by atoms with van der Waals surface area (Å²) in [5.74, 6) is -7.75. The predicted octanol–water partition coefficient (Wildman–Crippen LogP) is 4.13. The SMILES string of the molecule is N=C1C=CCC=C1C(=O)N(C(=O)C(=O)N(C(=O)C1=CCC=CC1=N)c1ccc2cc(S(=O)(=O)O)ccc2c1O)c1ccc2cc(S(=O)(=O)O)ccc2c1O. The molecule has 54 heavy (non-hydrogen) atoms. The molecule has 0 atom stereocenters. The molecular weight excluding hydrogens is 745 g/mol. The Morgan fingerprint density at radius 1 is 0.574 bits per heavy atom. The molecule has 0 fully saturated rings. The molecule has 6 rings (SSSR count). The molecule has 4 aromatic rings. The molecule has 0 radical (unpaired) electrons. The minimum Gasteiger partial charge on any atom is -0.505 e. The Hall–Kier alpha value is -6.60. The number of amides is 4. The van der Waals surface area contributed by atoms with Crippen molar-refractivity contribution in [1.29, 1.82) is 10.8 Å². The second kappa shape index (κ2) is 13.7. The van der Waals surface area contributed by atoms with Gasteiger partial charge in [-0.1, -0.05) is 36.4 Å². The molecule has 4 aromatic carbocycles. The van der Waals surface area contributed by atoms with Crippen molar-refractivity contribution in [2.24, 2.45) is 0 Å². The number of benzene rings is 4. The average Bonchev–Trinajstić information content (AvgIpc) is 3.12. The lowest BCUT2D eigenvalue weighted by molar-refractivity contribution is -0.139. The molecular formula is C36H26N4O12S2. The van der Waals surface area contributed by atoms with Gasteiger partial charge in [-0.25, -0.2) is 9.80 Å². The summed E-state index contributed by atoms with van der Waals surface area (Å²) in [5.41, 5.74) is -2.74. The smallest absolute Gasteiger partial charge is 0.324 e. The van der Waals surface area contributed by atoms with Crippen molar-refractivity contribution < 1.29 is 55.3 Å². The Bertz CT molecular complexity index is 2580. The summed E-state index contributed by atoms with van der Waals surface area (Å²) in [4.78, 5) is 56.7. The van der Waals surface area contributed by atoms with Crippen LogP contribution in [0.4, 0.5) is 11.4 Å². The van der Waals surface area contributed by atoms with Crippen molar-refractivity contribution in [2.45, 2.75) is 22.6 Å². The number of imide groups is 2. The molecule has 0 saturated heterocycles. The Balaban J connectivity index is 1.54. The largest absolute Gasteiger partial charge is 0.505 e. The number of nitrogens with one attached hydrogen (secondary N) is 2. The van der Waals surface area contributed by atoms with Gasteiger partial charge < -0.3 is 21.0 Å². The fourth-order valence-electron chi connectivity index (χ4n) is 5.84. The molecule has 0 aromatic heterocycles. The van der Waals surface area contributed by atoms with E-state index in [2.05, 4.69) is 0 Å². The van der Waals surface area contributed by atoms with Crippen molar-refractivity contribution in [2.75, 3.05) is 9.80 Å². The number of anilines is 2. The van der Waals surface area contributed by atoms with E-state index in [4.69, 9.17) is 10.8 Å². The highest BCUT2D eigenvalue weighted by Crippen LogP contribution is 2.40. The Labute approximate surface area is 305 Å². The number of phenols is 2. The molecule has 0 saturated carbocycles. The molecule has 2 aliphatic rings. The van der Waals surface area contributed by atoms with Crippen molar-refractivity contribution in [3.8, 4) is 11.5 Å². The molecule has 274 valence electrons. The van der Waals surface area contributed by atoms with Crippen LogP contribution < -0.4 is 9.80 Å². The minimum absolute atomic E-state index is 0.0240. The molecule has 6 N–H and O–H groups in total. The van der Waals surface area contributed by atoms with E-state index in [9.17, 15) is 55.3 Å². The Morgan fingerprint density at radius 3 is 1.28 bits per heavy atom. The third kappa shape index (κ3) is 6.72. The van der Waals surface area contributed by atoms with E-state index in [0.29, 0.717) is 0 Å². The van der Waals surface area contributed by atoms with Gasteiger partial charge in [0.15, 0.2) is 0 Å². The van der Waals surface area contributed by atoms with Crippen LogP contribution >= 0.6 is 0 Å². The molecule has 0 spiro atoms. The minimum atomic E-state index is -4.68. The molecule has 18 heteroatoms. The zero-order valence-electron chi connectivity index (χ0n) is 27.4. The lowest BCUT2D eigenvalue weighted by atomic mass is 10.00. The van der Waals surface area contributed by atoms with E-state index in [1.807, 2.05) is 0 Å². The maximum atomic E-state index is 14.5. The molecule has 16 nitrogen and oxygen atoms in total. The third-order valence-electron chi connectivity index (χ3n) is 8.48. The van der Waals surface area contributed by atoms with E-state index in [-0.39, 0.29) is 66.8 Å². The van der Waals surface area contributed by atoms with Crippen LogP contribution in [0.3, 0.4) is 0 Å². The number of carbonyl (C=O) groups is 4. The molecule has 0 bridgehead atoms. The van der Waals surface area contributed by atoms with Gasteiger partial charge >= 0.3 is 11.8 Å². The van der Waals surface area contributed by atoms with Gasteiger partial charge in [0.1, 0.15) is 11.5 Å². The molecule has 4 amide bonds. The number of hydrogen-bond donors (Lipinski definition) is 6. The van der Waals surface area contributed by atoms with Gasteiger partial charge in [-0.05, 0) is 84.3 Å². The van der Waals surface area contributed by atoms with Crippen LogP contribution in [0.5, 0.6) is 11.5 Å². The van der Waals surface area contributed by atoms with Gasteiger partial charge in [0, 0.05) is 10.8 Å². The fourth-order valence-corrected chi connectivity index (χ4v) is 6.88. The number of carbonyl (C=O) groups excluding carboxylic acids is 4. The normalized spacial score (nSPS) is 14.5. The second-order valence-electron chi connectivity index (χ2n) is 11.8. The number of aromatic hydroxyl groups is 2. The third-order valence-corrected chi connectivity index (χ3v) is 10.2. The van der Waals surface area contributed by atoms with Crippen molar-refractivity contribution in [3.63, 3.8) is 0 Å². The van der Waals surface area contributed by atoms with Crippen molar-refractivity contribution in [3.05, 3.63) is 108 Å². The Kier molecular flexibility index (Phi) is 9.46. The van der Waals surface area contributed by atoms with Gasteiger partial charge in [0.05, 0.1) is 43.7 Å². The lowest BCUT2D eigenvalue weighted by Crippen LogP contribution is -2.51. The number of nitrogens with zero attached hydrogens (tertiary/aromatic N) is 2. The van der Waals surface area contributed by atoms with Crippen LogP contribution in [0.15, 0.2) is 118 Å². The highest BCUT2D eigenvalue weighted by Gasteiger charge is 2.41. The quantitative estimate of drug-likeness (QED) is 0.119. The molecule has 0 aliphatic heterocycles. The zero-order valence-corrected chi connectivity index (χ0v) is 29.1. The highest BCUT2D eigenvalue weighted by atomic mass is 32.2. The van der Waals surface area contributed by atoms with Gasteiger partial charge in [-0.15, -0.1) is 0 Å². The first kappa shape index (κ1) is 37.2. The van der Waals surface area contributed by atoms with E-state index in [1.54, 1.807) is 12.2 Å². The van der Waals surface area contributed by atoms with Crippen LogP contribution in [0.2, 0.25) is 0 Å². The summed E-state index contributed by atoms with van der Waals surface area (Å²) in [7, 11) is -9.36. The summed E-state index contributed by atoms with van der Waals surface area (Å²) in [5, 5.41) is 39.3. The van der Waals surface area contributed by atoms with E-state index < -0.39 is 76.5 Å². The molecule has 0 unspecified atom stereocenters. The number of rotatable bonds is 6. The number of hydrogen-bond acceptors (Lipinski definition) is 12. The molecule has 2 aliphatic carbocycles. The van der Waals surface area contributed by atoms with Crippen molar-refractivity contribution in [1.82, 2.24) is 0 Å². The number of phenolic OH excluding ortho intramolecular Hbond substituents is 2. The van der Waals surface area contributed by atoms with E-state index in [0.717, 1.165) is 48.5 Å². The van der Waals surface area contributed by atoms with Crippen LogP contribution in [-0.4, -0.2) is 71.2 Å². The number of allylic oxidation sites excluding steroid dienone is 6. The average molecular weight is 771 g/mol. The van der Waals surface area contributed by atoms with Crippen LogP contribution in [0, 0.1) is 10.8 Å². The summed E-state index contributed by atoms with van der Waals surface area (Å²) >= 11 is 0. The van der Waals surface area contributed by atoms with Crippen molar-refractivity contribution >= 4 is 88.2 Å². The van der Waals surface area contributed by atoms with Gasteiger partial charge in [-0.3, -0.25) is 28.3 Å². The first-order valence-electron chi connectivity index (χ1n) is 15.5. The fraction of sp³-hybridized carbons (Fsp3) is 0.0556. The maximum absolute atomic E-state index is 14.5. The van der Waals surface area contributed by atoms with Gasteiger partial charge in [0.25, 0.3) is 32.1 Å². The Morgan fingerprint density at radius 2 is 0.944 bits per heavy atom. The van der Waals surface area contributed by atoms with E-state index in [1.165, 1.54) is 36.4 Å². The van der Waals surface area contributed by atoms with Gasteiger partial charge in [0.2, 0.25) is 0 Å². The number of fused-ring (bicyclic) bond motifs is 2. The van der Waals surface area contributed by atoms with Crippen LogP contribution in [0.1, 0.15) is 12.8 Å².